The van der Waals surface area contributed by atoms with Crippen LogP contribution in [-0.4, -0.2) is 4.57 Å². The topological polar surface area (TPSA) is 4.93 Å². The van der Waals surface area contributed by atoms with E-state index in [1.807, 2.05) is 13.8 Å². The third kappa shape index (κ3) is 3.72. The fourth-order valence-corrected chi connectivity index (χ4v) is 7.43. The molecule has 2 aliphatic carbocycles. The lowest BCUT2D eigenvalue weighted by molar-refractivity contribution is 0.793. The van der Waals surface area contributed by atoms with E-state index in [9.17, 15) is 0 Å². The molecule has 1 heterocycles. The Morgan fingerprint density at radius 3 is 1.32 bits per heavy atom. The van der Waals surface area contributed by atoms with Crippen LogP contribution in [0.1, 0.15) is 36.1 Å². The van der Waals surface area contributed by atoms with Crippen LogP contribution in [0.3, 0.4) is 0 Å². The fraction of sp³-hybridized carbons (Fsp3) is 0.0698. The minimum Gasteiger partial charge on any atom is -0.309 e. The molecule has 7 aromatic rings. The number of para-hydroxylation sites is 2. The molecule has 1 aromatic heterocycles. The van der Waals surface area contributed by atoms with Crippen LogP contribution in [0.25, 0.3) is 49.7 Å². The maximum atomic E-state index is 3.36. The quantitative estimate of drug-likeness (QED) is 0.184. The second kappa shape index (κ2) is 11.0. The third-order valence-electron chi connectivity index (χ3n) is 8.99. The summed E-state index contributed by atoms with van der Waals surface area (Å²) in [5, 5.41) is 2.58. The monoisotopic (exact) mass is 565 g/mol. The minimum atomic E-state index is -0.293. The van der Waals surface area contributed by atoms with Gasteiger partial charge in [0.1, 0.15) is 0 Å². The average Bonchev–Trinajstić information content (AvgIpc) is 3.71. The van der Waals surface area contributed by atoms with Gasteiger partial charge in [0.15, 0.2) is 0 Å². The SMILES string of the molecule is C=CC=C.CC.c1ccc2c(c1)-c1ccccc1C21c2ccccc2-c2cc(-n3c4ccccc4c4ccccc43)ccc21. The zero-order chi connectivity index (χ0) is 30.3. The van der Waals surface area contributed by atoms with Gasteiger partial charge in [-0.1, -0.05) is 154 Å². The molecule has 1 spiro atoms. The molecule has 0 atom stereocenters. The van der Waals surface area contributed by atoms with Crippen molar-refractivity contribution in [2.75, 3.05) is 0 Å². The molecule has 0 fully saturated rings. The molecule has 0 bridgehead atoms. The number of allylic oxidation sites excluding steroid dienone is 2. The van der Waals surface area contributed by atoms with Crippen molar-refractivity contribution in [1.82, 2.24) is 4.57 Å². The first-order chi connectivity index (χ1) is 21.8. The van der Waals surface area contributed by atoms with Crippen LogP contribution >= 0.6 is 0 Å². The van der Waals surface area contributed by atoms with Crippen molar-refractivity contribution in [2.24, 2.45) is 0 Å². The number of hydrogen-bond acceptors (Lipinski definition) is 0. The van der Waals surface area contributed by atoms with Crippen LogP contribution < -0.4 is 0 Å². The van der Waals surface area contributed by atoms with Crippen LogP contribution in [0.15, 0.2) is 165 Å². The highest BCUT2D eigenvalue weighted by atomic mass is 15.0. The first-order valence-electron chi connectivity index (χ1n) is 15.4. The van der Waals surface area contributed by atoms with Crippen molar-refractivity contribution >= 4 is 21.8 Å². The molecule has 6 aromatic carbocycles. The predicted octanol–water partition coefficient (Wildman–Crippen LogP) is 11.5. The first kappa shape index (κ1) is 27.4. The molecule has 1 heteroatoms. The summed E-state index contributed by atoms with van der Waals surface area (Å²) in [7, 11) is 0. The zero-order valence-electron chi connectivity index (χ0n) is 25.3. The summed E-state index contributed by atoms with van der Waals surface area (Å²) < 4.78 is 2.43. The van der Waals surface area contributed by atoms with E-state index in [0.717, 1.165) is 0 Å². The van der Waals surface area contributed by atoms with Crippen molar-refractivity contribution in [3.8, 4) is 27.9 Å². The Balaban J connectivity index is 0.000000485. The van der Waals surface area contributed by atoms with Gasteiger partial charge in [0.05, 0.1) is 16.4 Å². The molecule has 0 N–H and O–H groups in total. The molecule has 1 nitrogen and oxygen atoms in total. The van der Waals surface area contributed by atoms with Crippen molar-refractivity contribution in [3.63, 3.8) is 0 Å². The molecule has 0 amide bonds. The van der Waals surface area contributed by atoms with Crippen LogP contribution in [0.4, 0.5) is 0 Å². The van der Waals surface area contributed by atoms with Crippen molar-refractivity contribution in [3.05, 3.63) is 187 Å². The minimum absolute atomic E-state index is 0.293. The summed E-state index contributed by atoms with van der Waals surface area (Å²) in [5.41, 5.74) is 14.3. The van der Waals surface area contributed by atoms with Gasteiger partial charge in [-0.05, 0) is 68.8 Å². The van der Waals surface area contributed by atoms with E-state index in [2.05, 4.69) is 157 Å². The van der Waals surface area contributed by atoms with Gasteiger partial charge in [-0.2, -0.15) is 0 Å². The van der Waals surface area contributed by atoms with Crippen LogP contribution in [0.5, 0.6) is 0 Å². The molecule has 0 saturated heterocycles. The standard InChI is InChI=1S/C37H23N.C4H6.C2H6/c1-6-16-31-25(11-1)26-12-2-7-17-32(26)37(31)33-18-8-3-13-27(33)30-23-24(21-22-34(30)37)38-35-19-9-4-14-28(35)29-15-5-10-20-36(29)38;1-3-4-2;1-2/h1-23H;3-4H,1-2H2;1-2H3. The summed E-state index contributed by atoms with van der Waals surface area (Å²) in [6.07, 6.45) is 3.28. The molecule has 0 aliphatic heterocycles. The highest BCUT2D eigenvalue weighted by Crippen LogP contribution is 2.62. The largest absolute Gasteiger partial charge is 0.309 e. The zero-order valence-corrected chi connectivity index (χ0v) is 25.3. The first-order valence-corrected chi connectivity index (χ1v) is 15.4. The van der Waals surface area contributed by atoms with Crippen LogP contribution in [-0.2, 0) is 5.41 Å². The third-order valence-corrected chi connectivity index (χ3v) is 8.99. The van der Waals surface area contributed by atoms with Gasteiger partial charge in [-0.3, -0.25) is 0 Å². The van der Waals surface area contributed by atoms with Crippen LogP contribution in [0, 0.1) is 0 Å². The molecule has 0 saturated carbocycles. The van der Waals surface area contributed by atoms with E-state index in [0.29, 0.717) is 0 Å². The van der Waals surface area contributed by atoms with Crippen molar-refractivity contribution in [1.29, 1.82) is 0 Å². The van der Waals surface area contributed by atoms with Crippen molar-refractivity contribution < 1.29 is 0 Å². The van der Waals surface area contributed by atoms with E-state index in [4.69, 9.17) is 0 Å². The molecule has 9 rings (SSSR count). The van der Waals surface area contributed by atoms with Crippen LogP contribution in [0.2, 0.25) is 0 Å². The maximum Gasteiger partial charge on any atom is 0.0725 e. The Morgan fingerprint density at radius 2 is 0.841 bits per heavy atom. The Bertz CT molecular complexity index is 2090. The molecular weight excluding hydrogens is 530 g/mol. The Hall–Kier alpha value is -5.40. The normalized spacial score (nSPS) is 12.7. The molecular formula is C43H35N. The Morgan fingerprint density at radius 1 is 0.455 bits per heavy atom. The second-order valence-electron chi connectivity index (χ2n) is 11.0. The number of nitrogens with zero attached hydrogens (tertiary/aromatic N) is 1. The van der Waals surface area contributed by atoms with E-state index in [-0.39, 0.29) is 5.41 Å². The number of aromatic nitrogens is 1. The summed E-state index contributed by atoms with van der Waals surface area (Å²) in [6, 6.07) is 51.6. The molecule has 0 unspecified atom stereocenters. The summed E-state index contributed by atoms with van der Waals surface area (Å²) in [4.78, 5) is 0. The van der Waals surface area contributed by atoms with Gasteiger partial charge in [0.25, 0.3) is 0 Å². The summed E-state index contributed by atoms with van der Waals surface area (Å²) in [5.74, 6) is 0. The average molecular weight is 566 g/mol. The highest BCUT2D eigenvalue weighted by Gasteiger charge is 2.51. The maximum absolute atomic E-state index is 3.36. The molecule has 0 radical (unpaired) electrons. The molecule has 2 aliphatic rings. The van der Waals surface area contributed by atoms with E-state index in [1.54, 1.807) is 12.2 Å². The predicted molar refractivity (Wildman–Crippen MR) is 189 cm³/mol. The lowest BCUT2D eigenvalue weighted by Crippen LogP contribution is -2.25. The van der Waals surface area contributed by atoms with Crippen molar-refractivity contribution in [2.45, 2.75) is 19.3 Å². The van der Waals surface area contributed by atoms with Gasteiger partial charge < -0.3 is 4.57 Å². The fourth-order valence-electron chi connectivity index (χ4n) is 7.43. The molecule has 212 valence electrons. The number of hydrogen-bond donors (Lipinski definition) is 0. The van der Waals surface area contributed by atoms with E-state index < -0.39 is 0 Å². The lowest BCUT2D eigenvalue weighted by atomic mass is 9.70. The summed E-state index contributed by atoms with van der Waals surface area (Å²) in [6.45, 7) is 10.7. The van der Waals surface area contributed by atoms with Gasteiger partial charge in [-0.15, -0.1) is 0 Å². The van der Waals surface area contributed by atoms with Gasteiger partial charge >= 0.3 is 0 Å². The Labute approximate surface area is 260 Å². The smallest absolute Gasteiger partial charge is 0.0725 e. The van der Waals surface area contributed by atoms with E-state index >= 15 is 0 Å². The number of benzene rings is 6. The van der Waals surface area contributed by atoms with Gasteiger partial charge in [0.2, 0.25) is 0 Å². The molecule has 44 heavy (non-hydrogen) atoms. The highest BCUT2D eigenvalue weighted by molar-refractivity contribution is 6.09. The van der Waals surface area contributed by atoms with Gasteiger partial charge in [0, 0.05) is 16.5 Å². The second-order valence-corrected chi connectivity index (χ2v) is 11.0. The van der Waals surface area contributed by atoms with E-state index in [1.165, 1.54) is 72.0 Å². The number of fused-ring (bicyclic) bond motifs is 13. The van der Waals surface area contributed by atoms with Gasteiger partial charge in [-0.25, -0.2) is 0 Å². The Kier molecular flexibility index (Phi) is 6.87. The number of rotatable bonds is 2. The lowest BCUT2D eigenvalue weighted by Gasteiger charge is -2.30. The summed E-state index contributed by atoms with van der Waals surface area (Å²) >= 11 is 0.